The summed E-state index contributed by atoms with van der Waals surface area (Å²) in [6, 6.07) is 1.04. The largest absolute Gasteiger partial charge is 0.462 e. The van der Waals surface area contributed by atoms with Gasteiger partial charge in [-0.15, -0.1) is 10.2 Å². The maximum absolute atomic E-state index is 14.4. The van der Waals surface area contributed by atoms with Crippen LogP contribution in [0.2, 0.25) is 0 Å². The van der Waals surface area contributed by atoms with Crippen LogP contribution in [0.4, 0.5) is 17.6 Å². The molecule has 0 unspecified atom stereocenters. The van der Waals surface area contributed by atoms with Crippen LogP contribution in [0.3, 0.4) is 0 Å². The van der Waals surface area contributed by atoms with E-state index in [0.29, 0.717) is 30.0 Å². The number of hydrogen-bond donors (Lipinski definition) is 0. The molecule has 3 heterocycles. The third kappa shape index (κ3) is 3.86. The molecule has 0 spiro atoms. The molecule has 0 amide bonds. The predicted octanol–water partition coefficient (Wildman–Crippen LogP) is 3.75. The van der Waals surface area contributed by atoms with Crippen LogP contribution in [-0.2, 0) is 4.74 Å². The van der Waals surface area contributed by atoms with Crippen molar-refractivity contribution in [3.8, 4) is 17.1 Å². The Morgan fingerprint density at radius 3 is 2.55 bits per heavy atom. The Morgan fingerprint density at radius 1 is 1.17 bits per heavy atom. The smallest absolute Gasteiger partial charge is 0.425 e. The number of alkyl halides is 3. The molecule has 154 valence electrons. The normalized spacial score (nSPS) is 16.8. The fraction of sp³-hybridized carbons (Fsp3) is 0.444. The zero-order valence-electron chi connectivity index (χ0n) is 15.5. The van der Waals surface area contributed by atoms with Crippen molar-refractivity contribution in [1.82, 2.24) is 24.6 Å². The second-order valence-electron chi connectivity index (χ2n) is 6.87. The number of halogens is 4. The first-order valence-electron chi connectivity index (χ1n) is 8.90. The number of methoxy groups -OCH3 is 1. The SMILES string of the molecule is CO[C@H](C)c1nnc2cnc(-c3cnc(O[C@H](C4CC4)C(F)(F)F)c(F)c3)cn12. The summed E-state index contributed by atoms with van der Waals surface area (Å²) in [5.41, 5.74) is 1.09. The van der Waals surface area contributed by atoms with Crippen LogP contribution in [0.25, 0.3) is 16.9 Å². The van der Waals surface area contributed by atoms with Crippen LogP contribution in [0.1, 0.15) is 31.7 Å². The Bertz CT molecular complexity index is 1030. The van der Waals surface area contributed by atoms with Gasteiger partial charge < -0.3 is 9.47 Å². The predicted molar refractivity (Wildman–Crippen MR) is 92.6 cm³/mol. The van der Waals surface area contributed by atoms with Crippen molar-refractivity contribution in [1.29, 1.82) is 0 Å². The molecule has 3 aromatic heterocycles. The molecule has 0 radical (unpaired) electrons. The third-order valence-electron chi connectivity index (χ3n) is 4.75. The van der Waals surface area contributed by atoms with Crippen molar-refractivity contribution in [2.75, 3.05) is 7.11 Å². The van der Waals surface area contributed by atoms with Crippen LogP contribution in [0.5, 0.6) is 5.88 Å². The number of aromatic nitrogens is 5. The number of ether oxygens (including phenoxy) is 2. The highest BCUT2D eigenvalue weighted by Gasteiger charge is 2.51. The number of pyridine rings is 1. The average Bonchev–Trinajstić information content (AvgIpc) is 3.43. The topological polar surface area (TPSA) is 74.4 Å². The van der Waals surface area contributed by atoms with Gasteiger partial charge >= 0.3 is 6.18 Å². The van der Waals surface area contributed by atoms with E-state index in [1.165, 1.54) is 19.5 Å². The Morgan fingerprint density at radius 2 is 1.93 bits per heavy atom. The maximum atomic E-state index is 14.4. The molecule has 0 aromatic carbocycles. The second kappa shape index (κ2) is 7.21. The highest BCUT2D eigenvalue weighted by Crippen LogP contribution is 2.42. The summed E-state index contributed by atoms with van der Waals surface area (Å²) in [4.78, 5) is 7.95. The standard InChI is InChI=1S/C18H17F4N5O2/c1-9(28-2)16-26-25-14-7-23-13(8-27(14)16)11-5-12(19)17(24-6-11)29-15(10-3-4-10)18(20,21)22/h5-10,15H,3-4H2,1-2H3/t9-,15-/m1/s1. The molecule has 0 bridgehead atoms. The van der Waals surface area contributed by atoms with Crippen molar-refractivity contribution >= 4 is 5.65 Å². The van der Waals surface area contributed by atoms with Gasteiger partial charge in [0.05, 0.1) is 11.9 Å². The fourth-order valence-electron chi connectivity index (χ4n) is 2.95. The number of rotatable bonds is 6. The molecular formula is C18H17F4N5O2. The maximum Gasteiger partial charge on any atom is 0.425 e. The van der Waals surface area contributed by atoms with Crippen LogP contribution < -0.4 is 4.74 Å². The zero-order valence-corrected chi connectivity index (χ0v) is 15.5. The lowest BCUT2D eigenvalue weighted by atomic mass is 10.2. The van der Waals surface area contributed by atoms with E-state index in [9.17, 15) is 17.6 Å². The van der Waals surface area contributed by atoms with Gasteiger partial charge in [0.15, 0.2) is 23.4 Å². The fourth-order valence-corrected chi connectivity index (χ4v) is 2.95. The summed E-state index contributed by atoms with van der Waals surface area (Å²) in [7, 11) is 1.53. The third-order valence-corrected chi connectivity index (χ3v) is 4.75. The number of nitrogens with zero attached hydrogens (tertiary/aromatic N) is 5. The molecule has 2 atom stereocenters. The van der Waals surface area contributed by atoms with Crippen LogP contribution in [0.15, 0.2) is 24.7 Å². The van der Waals surface area contributed by atoms with E-state index in [1.807, 2.05) is 0 Å². The minimum absolute atomic E-state index is 0.274. The molecule has 1 fully saturated rings. The van der Waals surface area contributed by atoms with Gasteiger partial charge in [0.2, 0.25) is 0 Å². The monoisotopic (exact) mass is 411 g/mol. The van der Waals surface area contributed by atoms with Gasteiger partial charge in [-0.25, -0.2) is 9.37 Å². The van der Waals surface area contributed by atoms with E-state index in [0.717, 1.165) is 6.07 Å². The first-order valence-corrected chi connectivity index (χ1v) is 8.90. The lowest BCUT2D eigenvalue weighted by Gasteiger charge is -2.21. The molecule has 0 saturated heterocycles. The summed E-state index contributed by atoms with van der Waals surface area (Å²) in [6.45, 7) is 1.79. The van der Waals surface area contributed by atoms with Crippen LogP contribution >= 0.6 is 0 Å². The Labute approximate surface area is 162 Å². The van der Waals surface area contributed by atoms with Crippen molar-refractivity contribution in [3.05, 3.63) is 36.3 Å². The molecule has 1 aliphatic rings. The zero-order chi connectivity index (χ0) is 20.8. The minimum atomic E-state index is -4.58. The van der Waals surface area contributed by atoms with Gasteiger partial charge in [-0.3, -0.25) is 9.38 Å². The summed E-state index contributed by atoms with van der Waals surface area (Å²) in [5, 5.41) is 8.03. The van der Waals surface area contributed by atoms with Crippen molar-refractivity contribution < 1.29 is 27.0 Å². The minimum Gasteiger partial charge on any atom is -0.462 e. The molecule has 3 aromatic rings. The molecule has 7 nitrogen and oxygen atoms in total. The van der Waals surface area contributed by atoms with Crippen LogP contribution in [-0.4, -0.2) is 44.0 Å². The van der Waals surface area contributed by atoms with Gasteiger partial charge in [-0.1, -0.05) is 0 Å². The van der Waals surface area contributed by atoms with E-state index in [1.54, 1.807) is 17.5 Å². The first-order chi connectivity index (χ1) is 13.8. The second-order valence-corrected chi connectivity index (χ2v) is 6.87. The highest BCUT2D eigenvalue weighted by atomic mass is 19.4. The van der Waals surface area contributed by atoms with Crippen LogP contribution in [0, 0.1) is 11.7 Å². The Kier molecular flexibility index (Phi) is 4.85. The summed E-state index contributed by atoms with van der Waals surface area (Å²) >= 11 is 0. The van der Waals surface area contributed by atoms with E-state index in [4.69, 9.17) is 9.47 Å². The molecular weight excluding hydrogens is 394 g/mol. The Hall–Kier alpha value is -2.82. The highest BCUT2D eigenvalue weighted by molar-refractivity contribution is 5.59. The molecule has 11 heteroatoms. The van der Waals surface area contributed by atoms with E-state index in [2.05, 4.69) is 20.2 Å². The van der Waals surface area contributed by atoms with Gasteiger partial charge in [0.25, 0.3) is 5.88 Å². The van der Waals surface area contributed by atoms with Crippen molar-refractivity contribution in [3.63, 3.8) is 0 Å². The van der Waals surface area contributed by atoms with Gasteiger partial charge in [-0.2, -0.15) is 13.2 Å². The lowest BCUT2D eigenvalue weighted by Crippen LogP contribution is -2.36. The summed E-state index contributed by atoms with van der Waals surface area (Å²) in [6.07, 6.45) is -1.93. The molecule has 0 N–H and O–H groups in total. The Balaban J connectivity index is 1.64. The van der Waals surface area contributed by atoms with Gasteiger partial charge in [0.1, 0.15) is 6.10 Å². The molecule has 4 rings (SSSR count). The summed E-state index contributed by atoms with van der Waals surface area (Å²) < 4.78 is 65.6. The number of fused-ring (bicyclic) bond motifs is 1. The van der Waals surface area contributed by atoms with Gasteiger partial charge in [-0.05, 0) is 25.8 Å². The summed E-state index contributed by atoms with van der Waals surface area (Å²) in [5.74, 6) is -1.80. The van der Waals surface area contributed by atoms with Gasteiger partial charge in [0, 0.05) is 31.0 Å². The molecule has 29 heavy (non-hydrogen) atoms. The lowest BCUT2D eigenvalue weighted by molar-refractivity contribution is -0.202. The van der Waals surface area contributed by atoms with E-state index < -0.39 is 29.9 Å². The first kappa shape index (κ1) is 19.5. The van der Waals surface area contributed by atoms with Crippen molar-refractivity contribution in [2.45, 2.75) is 38.1 Å². The van der Waals surface area contributed by atoms with E-state index >= 15 is 0 Å². The van der Waals surface area contributed by atoms with E-state index in [-0.39, 0.29) is 11.7 Å². The molecule has 1 saturated carbocycles. The quantitative estimate of drug-likeness (QED) is 0.575. The average molecular weight is 411 g/mol. The van der Waals surface area contributed by atoms with Crippen molar-refractivity contribution in [2.24, 2.45) is 5.92 Å². The molecule has 0 aliphatic heterocycles. The number of hydrogen-bond acceptors (Lipinski definition) is 6. The molecule has 1 aliphatic carbocycles.